The number of nitrogens with one attached hydrogen (secondary N) is 1. The lowest BCUT2D eigenvalue weighted by molar-refractivity contribution is 0.0936. The van der Waals surface area contributed by atoms with Crippen molar-refractivity contribution < 1.29 is 4.79 Å². The van der Waals surface area contributed by atoms with E-state index in [1.807, 2.05) is 32.0 Å². The molecule has 0 radical (unpaired) electrons. The second-order valence-electron chi connectivity index (χ2n) is 4.51. The third-order valence-electron chi connectivity index (χ3n) is 2.61. The fraction of sp³-hybridized carbons (Fsp3) is 0.308. The van der Waals surface area contributed by atoms with Crippen LogP contribution in [-0.4, -0.2) is 26.7 Å². The van der Waals surface area contributed by atoms with E-state index in [4.69, 9.17) is 0 Å². The SMILES string of the molecule is Cc1cc(Br)cc(C(=O)NC(C)Cn2cncn2)c1. The average Bonchev–Trinajstić information content (AvgIpc) is 2.80. The molecule has 1 aromatic carbocycles. The van der Waals surface area contributed by atoms with Crippen molar-refractivity contribution in [3.8, 4) is 0 Å². The van der Waals surface area contributed by atoms with Crippen molar-refractivity contribution >= 4 is 21.8 Å². The molecule has 1 N–H and O–H groups in total. The van der Waals surface area contributed by atoms with Crippen molar-refractivity contribution in [2.24, 2.45) is 0 Å². The lowest BCUT2D eigenvalue weighted by Gasteiger charge is -2.14. The van der Waals surface area contributed by atoms with E-state index in [2.05, 4.69) is 31.3 Å². The first-order chi connectivity index (χ1) is 9.04. The van der Waals surface area contributed by atoms with E-state index in [0.717, 1.165) is 10.0 Å². The minimum absolute atomic E-state index is 0.0199. The van der Waals surface area contributed by atoms with Crippen LogP contribution in [0.4, 0.5) is 0 Å². The number of carbonyl (C=O) groups excluding carboxylic acids is 1. The van der Waals surface area contributed by atoms with E-state index in [0.29, 0.717) is 12.1 Å². The van der Waals surface area contributed by atoms with Crippen LogP contribution < -0.4 is 5.32 Å². The summed E-state index contributed by atoms with van der Waals surface area (Å²) in [5.41, 5.74) is 1.70. The highest BCUT2D eigenvalue weighted by molar-refractivity contribution is 9.10. The molecule has 0 aliphatic heterocycles. The van der Waals surface area contributed by atoms with E-state index in [1.54, 1.807) is 11.0 Å². The normalized spacial score (nSPS) is 12.2. The third-order valence-corrected chi connectivity index (χ3v) is 3.07. The fourth-order valence-corrected chi connectivity index (χ4v) is 2.44. The molecule has 6 heteroatoms. The second-order valence-corrected chi connectivity index (χ2v) is 5.42. The maximum atomic E-state index is 12.1. The third kappa shape index (κ3) is 3.89. The average molecular weight is 323 g/mol. The van der Waals surface area contributed by atoms with Gasteiger partial charge in [0, 0.05) is 16.1 Å². The summed E-state index contributed by atoms with van der Waals surface area (Å²) in [6.45, 7) is 4.49. The monoisotopic (exact) mass is 322 g/mol. The van der Waals surface area contributed by atoms with Gasteiger partial charge in [-0.1, -0.05) is 15.9 Å². The molecular weight excluding hydrogens is 308 g/mol. The fourth-order valence-electron chi connectivity index (χ4n) is 1.83. The van der Waals surface area contributed by atoms with Gasteiger partial charge in [-0.15, -0.1) is 0 Å². The largest absolute Gasteiger partial charge is 0.348 e. The standard InChI is InChI=1S/C13H15BrN4O/c1-9-3-11(5-12(14)4-9)13(19)17-10(2)6-18-8-15-7-16-18/h3-5,7-8,10H,6H2,1-2H3,(H,17,19). The zero-order valence-electron chi connectivity index (χ0n) is 10.8. The quantitative estimate of drug-likeness (QED) is 0.938. The van der Waals surface area contributed by atoms with Gasteiger partial charge in [0.2, 0.25) is 0 Å². The van der Waals surface area contributed by atoms with E-state index < -0.39 is 0 Å². The summed E-state index contributed by atoms with van der Waals surface area (Å²) in [5, 5.41) is 6.95. The van der Waals surface area contributed by atoms with Gasteiger partial charge in [0.1, 0.15) is 12.7 Å². The Kier molecular flexibility index (Phi) is 4.31. The molecule has 2 rings (SSSR count). The predicted octanol–water partition coefficient (Wildman–Crippen LogP) is 2.17. The van der Waals surface area contributed by atoms with Gasteiger partial charge in [-0.2, -0.15) is 5.10 Å². The van der Waals surface area contributed by atoms with Crippen LogP contribution in [-0.2, 0) is 6.54 Å². The molecule has 0 saturated heterocycles. The van der Waals surface area contributed by atoms with Crippen LogP contribution >= 0.6 is 15.9 Å². The highest BCUT2D eigenvalue weighted by Crippen LogP contribution is 2.15. The maximum Gasteiger partial charge on any atom is 0.251 e. The Morgan fingerprint density at radius 3 is 2.89 bits per heavy atom. The summed E-state index contributed by atoms with van der Waals surface area (Å²) < 4.78 is 2.60. The van der Waals surface area contributed by atoms with Crippen molar-refractivity contribution in [1.29, 1.82) is 0 Å². The smallest absolute Gasteiger partial charge is 0.251 e. The van der Waals surface area contributed by atoms with Crippen molar-refractivity contribution in [2.75, 3.05) is 0 Å². The molecule has 0 aliphatic carbocycles. The van der Waals surface area contributed by atoms with Crippen molar-refractivity contribution in [3.63, 3.8) is 0 Å². The number of nitrogens with zero attached hydrogens (tertiary/aromatic N) is 3. The molecule has 0 saturated carbocycles. The molecule has 2 aromatic rings. The lowest BCUT2D eigenvalue weighted by Crippen LogP contribution is -2.35. The van der Waals surface area contributed by atoms with E-state index in [9.17, 15) is 4.79 Å². The molecule has 100 valence electrons. The maximum absolute atomic E-state index is 12.1. The molecule has 1 unspecified atom stereocenters. The van der Waals surface area contributed by atoms with Crippen molar-refractivity contribution in [3.05, 3.63) is 46.5 Å². The number of aryl methyl sites for hydroxylation is 1. The summed E-state index contributed by atoms with van der Waals surface area (Å²) in [5.74, 6) is -0.0861. The van der Waals surface area contributed by atoms with E-state index >= 15 is 0 Å². The van der Waals surface area contributed by atoms with Crippen LogP contribution in [0.5, 0.6) is 0 Å². The van der Waals surface area contributed by atoms with Crippen LogP contribution in [0.2, 0.25) is 0 Å². The lowest BCUT2D eigenvalue weighted by atomic mass is 10.1. The molecule has 0 fully saturated rings. The van der Waals surface area contributed by atoms with Gasteiger partial charge in [-0.05, 0) is 37.6 Å². The molecule has 1 atom stereocenters. The molecule has 0 aliphatic rings. The predicted molar refractivity (Wildman–Crippen MR) is 75.8 cm³/mol. The number of amides is 1. The van der Waals surface area contributed by atoms with Gasteiger partial charge in [0.25, 0.3) is 5.91 Å². The number of aromatic nitrogens is 3. The Morgan fingerprint density at radius 2 is 2.26 bits per heavy atom. The number of hydrogen-bond acceptors (Lipinski definition) is 3. The minimum Gasteiger partial charge on any atom is -0.348 e. The molecular formula is C13H15BrN4O. The first kappa shape index (κ1) is 13.7. The summed E-state index contributed by atoms with van der Waals surface area (Å²) in [6, 6.07) is 5.62. The topological polar surface area (TPSA) is 59.8 Å². The van der Waals surface area contributed by atoms with E-state index in [1.165, 1.54) is 6.33 Å². The van der Waals surface area contributed by atoms with Gasteiger partial charge in [0.15, 0.2) is 0 Å². The highest BCUT2D eigenvalue weighted by atomic mass is 79.9. The van der Waals surface area contributed by atoms with Crippen LogP contribution in [0, 0.1) is 6.92 Å². The van der Waals surface area contributed by atoms with Gasteiger partial charge in [0.05, 0.1) is 6.54 Å². The molecule has 0 spiro atoms. The van der Waals surface area contributed by atoms with Gasteiger partial charge in [-0.3, -0.25) is 9.48 Å². The first-order valence-corrected chi connectivity index (χ1v) is 6.74. The molecule has 1 aromatic heterocycles. The van der Waals surface area contributed by atoms with Crippen LogP contribution in [0.1, 0.15) is 22.8 Å². The molecule has 19 heavy (non-hydrogen) atoms. The summed E-state index contributed by atoms with van der Waals surface area (Å²) in [6.07, 6.45) is 3.11. The Morgan fingerprint density at radius 1 is 1.47 bits per heavy atom. The highest BCUT2D eigenvalue weighted by Gasteiger charge is 2.11. The molecule has 0 bridgehead atoms. The van der Waals surface area contributed by atoms with Crippen molar-refractivity contribution in [1.82, 2.24) is 20.1 Å². The Balaban J connectivity index is 2.00. The minimum atomic E-state index is -0.0861. The number of benzene rings is 1. The molecule has 5 nitrogen and oxygen atoms in total. The summed E-state index contributed by atoms with van der Waals surface area (Å²) in [4.78, 5) is 16.0. The molecule has 1 amide bonds. The Bertz CT molecular complexity index is 548. The summed E-state index contributed by atoms with van der Waals surface area (Å²) >= 11 is 3.39. The molecule has 1 heterocycles. The van der Waals surface area contributed by atoms with Gasteiger partial charge < -0.3 is 5.32 Å². The Labute approximate surface area is 120 Å². The Hall–Kier alpha value is -1.69. The van der Waals surface area contributed by atoms with Crippen LogP contribution in [0.25, 0.3) is 0 Å². The van der Waals surface area contributed by atoms with Gasteiger partial charge >= 0.3 is 0 Å². The number of hydrogen-bond donors (Lipinski definition) is 1. The number of rotatable bonds is 4. The second kappa shape index (κ2) is 5.97. The van der Waals surface area contributed by atoms with Crippen molar-refractivity contribution in [2.45, 2.75) is 26.4 Å². The number of halogens is 1. The van der Waals surface area contributed by atoms with Crippen LogP contribution in [0.3, 0.4) is 0 Å². The first-order valence-electron chi connectivity index (χ1n) is 5.95. The zero-order valence-corrected chi connectivity index (χ0v) is 12.4. The summed E-state index contributed by atoms with van der Waals surface area (Å²) in [7, 11) is 0. The van der Waals surface area contributed by atoms with Crippen LogP contribution in [0.15, 0.2) is 35.3 Å². The number of carbonyl (C=O) groups is 1. The van der Waals surface area contributed by atoms with Gasteiger partial charge in [-0.25, -0.2) is 4.98 Å². The van der Waals surface area contributed by atoms with E-state index in [-0.39, 0.29) is 11.9 Å². The zero-order chi connectivity index (χ0) is 13.8.